The van der Waals surface area contributed by atoms with E-state index in [0.29, 0.717) is 46.3 Å². The Morgan fingerprint density at radius 3 is 2.22 bits per heavy atom. The number of rotatable bonds is 3. The largest absolute Gasteiger partial charge is 0.364 e. The molecular formula is C21H20ClN3O2. The summed E-state index contributed by atoms with van der Waals surface area (Å²) in [5.41, 5.74) is 2.36. The van der Waals surface area contributed by atoms with Gasteiger partial charge >= 0.3 is 0 Å². The fraction of sp³-hybridized carbons (Fsp3) is 0.238. The zero-order valence-corrected chi connectivity index (χ0v) is 15.8. The summed E-state index contributed by atoms with van der Waals surface area (Å²) in [5, 5.41) is 3.74. The molecule has 0 atom stereocenters. The summed E-state index contributed by atoms with van der Waals surface area (Å²) in [6.07, 6.45) is 0. The second-order valence-corrected chi connectivity index (χ2v) is 7.29. The minimum absolute atomic E-state index is 0.112. The van der Waals surface area contributed by atoms with Crippen LogP contribution in [0.4, 0.5) is 5.69 Å². The number of carbonyl (C=O) groups excluding carboxylic acids is 2. The molecule has 1 aliphatic carbocycles. The lowest BCUT2D eigenvalue weighted by Gasteiger charge is -2.37. The van der Waals surface area contributed by atoms with E-state index in [1.807, 2.05) is 17.0 Å². The maximum absolute atomic E-state index is 13.3. The topological polar surface area (TPSA) is 52.6 Å². The van der Waals surface area contributed by atoms with Gasteiger partial charge in [0.25, 0.3) is 0 Å². The number of hydrogen-bond acceptors (Lipinski definition) is 5. The summed E-state index contributed by atoms with van der Waals surface area (Å²) in [7, 11) is 2.06. The van der Waals surface area contributed by atoms with Crippen LogP contribution in [0.1, 0.15) is 20.7 Å². The molecule has 2 aromatic rings. The third-order valence-electron chi connectivity index (χ3n) is 5.01. The van der Waals surface area contributed by atoms with Crippen LogP contribution in [0.2, 0.25) is 5.02 Å². The van der Waals surface area contributed by atoms with Crippen LogP contribution in [-0.4, -0.2) is 54.6 Å². The van der Waals surface area contributed by atoms with Crippen LogP contribution in [-0.2, 0) is 0 Å². The fourth-order valence-electron chi connectivity index (χ4n) is 3.52. The number of carbonyl (C=O) groups is 2. The van der Waals surface area contributed by atoms with Crippen molar-refractivity contribution in [3.63, 3.8) is 0 Å². The molecule has 2 aliphatic rings. The van der Waals surface area contributed by atoms with Gasteiger partial charge in [0.1, 0.15) is 11.4 Å². The Morgan fingerprint density at radius 1 is 0.889 bits per heavy atom. The summed E-state index contributed by atoms with van der Waals surface area (Å²) in [4.78, 5) is 30.7. The number of benzene rings is 2. The van der Waals surface area contributed by atoms with Crippen LogP contribution in [0.5, 0.6) is 0 Å². The van der Waals surface area contributed by atoms with Crippen molar-refractivity contribution in [1.82, 2.24) is 9.80 Å². The number of likely N-dealkylation sites (N-methyl/N-ethyl adjacent to an activating group) is 1. The van der Waals surface area contributed by atoms with Crippen LogP contribution in [0.25, 0.3) is 0 Å². The van der Waals surface area contributed by atoms with Crippen LogP contribution in [0, 0.1) is 0 Å². The van der Waals surface area contributed by atoms with E-state index < -0.39 is 0 Å². The van der Waals surface area contributed by atoms with Gasteiger partial charge in [-0.3, -0.25) is 9.59 Å². The predicted molar refractivity (Wildman–Crippen MR) is 106 cm³/mol. The number of Topliss-reactive ketones (excluding diaryl/α,β-unsaturated/α-hetero) is 2. The molecule has 1 heterocycles. The van der Waals surface area contributed by atoms with Gasteiger partial charge in [0, 0.05) is 48.0 Å². The minimum atomic E-state index is -0.167. The maximum Gasteiger partial charge on any atom is 0.212 e. The van der Waals surface area contributed by atoms with E-state index in [1.165, 1.54) is 0 Å². The van der Waals surface area contributed by atoms with Gasteiger partial charge in [-0.15, -0.1) is 0 Å². The lowest BCUT2D eigenvalue weighted by molar-refractivity contribution is 0.0917. The summed E-state index contributed by atoms with van der Waals surface area (Å²) in [5.74, 6) is -0.279. The highest BCUT2D eigenvalue weighted by atomic mass is 35.5. The van der Waals surface area contributed by atoms with E-state index in [1.54, 1.807) is 36.4 Å². The number of allylic oxidation sites excluding steroid dienone is 2. The first-order valence-electron chi connectivity index (χ1n) is 8.93. The zero-order chi connectivity index (χ0) is 19.0. The molecule has 0 spiro atoms. The Bertz CT molecular complexity index is 946. The van der Waals surface area contributed by atoms with Crippen LogP contribution < -0.4 is 5.32 Å². The number of anilines is 1. The molecule has 2 aromatic carbocycles. The first-order chi connectivity index (χ1) is 13.0. The van der Waals surface area contributed by atoms with E-state index in [-0.39, 0.29) is 11.6 Å². The molecule has 1 N–H and O–H groups in total. The molecule has 4 rings (SSSR count). The van der Waals surface area contributed by atoms with Crippen LogP contribution >= 0.6 is 11.6 Å². The molecule has 1 saturated heterocycles. The minimum Gasteiger partial charge on any atom is -0.364 e. The number of ketones is 2. The Hall–Kier alpha value is -2.63. The SMILES string of the molecule is CN1CCN(C2=C(Nc3cccc(Cl)c3)C(=O)c3ccccc3C2=O)CC1. The van der Waals surface area contributed by atoms with Gasteiger partial charge < -0.3 is 15.1 Å². The lowest BCUT2D eigenvalue weighted by Crippen LogP contribution is -2.47. The smallest absolute Gasteiger partial charge is 0.212 e. The number of nitrogens with one attached hydrogen (secondary N) is 1. The van der Waals surface area contributed by atoms with E-state index in [2.05, 4.69) is 17.3 Å². The number of nitrogens with zero attached hydrogens (tertiary/aromatic N) is 2. The third-order valence-corrected chi connectivity index (χ3v) is 5.24. The number of hydrogen-bond donors (Lipinski definition) is 1. The zero-order valence-electron chi connectivity index (χ0n) is 15.0. The van der Waals surface area contributed by atoms with Crippen molar-refractivity contribution in [3.05, 3.63) is 76.1 Å². The number of piperazine rings is 1. The van der Waals surface area contributed by atoms with E-state index in [4.69, 9.17) is 11.6 Å². The van der Waals surface area contributed by atoms with Crippen molar-refractivity contribution in [1.29, 1.82) is 0 Å². The first kappa shape index (κ1) is 17.8. The van der Waals surface area contributed by atoms with Crippen molar-refractivity contribution in [3.8, 4) is 0 Å². The highest BCUT2D eigenvalue weighted by molar-refractivity contribution is 6.31. The monoisotopic (exact) mass is 381 g/mol. The fourth-order valence-corrected chi connectivity index (χ4v) is 3.71. The molecular weight excluding hydrogens is 362 g/mol. The molecule has 0 aromatic heterocycles. The van der Waals surface area contributed by atoms with Crippen molar-refractivity contribution >= 4 is 28.9 Å². The average Bonchev–Trinajstić information content (AvgIpc) is 2.67. The highest BCUT2D eigenvalue weighted by Gasteiger charge is 2.36. The summed E-state index contributed by atoms with van der Waals surface area (Å²) < 4.78 is 0. The Kier molecular flexibility index (Phi) is 4.72. The molecule has 0 radical (unpaired) electrons. The Morgan fingerprint density at radius 2 is 1.56 bits per heavy atom. The van der Waals surface area contributed by atoms with Gasteiger partial charge in [-0.1, -0.05) is 41.9 Å². The molecule has 0 unspecified atom stereocenters. The van der Waals surface area contributed by atoms with Crippen molar-refractivity contribution < 1.29 is 9.59 Å². The van der Waals surface area contributed by atoms with Crippen molar-refractivity contribution in [2.45, 2.75) is 0 Å². The second-order valence-electron chi connectivity index (χ2n) is 6.85. The molecule has 0 amide bonds. The van der Waals surface area contributed by atoms with Gasteiger partial charge in [-0.25, -0.2) is 0 Å². The van der Waals surface area contributed by atoms with E-state index in [0.717, 1.165) is 13.1 Å². The van der Waals surface area contributed by atoms with Crippen LogP contribution in [0.15, 0.2) is 59.9 Å². The molecule has 0 bridgehead atoms. The quantitative estimate of drug-likeness (QED) is 0.884. The molecule has 138 valence electrons. The van der Waals surface area contributed by atoms with Gasteiger partial charge in [0.15, 0.2) is 0 Å². The Labute approximate surface area is 163 Å². The molecule has 6 heteroatoms. The second kappa shape index (κ2) is 7.18. The average molecular weight is 382 g/mol. The standard InChI is InChI=1S/C21H20ClN3O2/c1-24-9-11-25(12-10-24)19-18(23-15-6-4-5-14(22)13-15)20(26)16-7-2-3-8-17(16)21(19)27/h2-8,13,23H,9-12H2,1H3. The molecule has 0 saturated carbocycles. The number of fused-ring (bicyclic) bond motifs is 1. The summed E-state index contributed by atoms with van der Waals surface area (Å²) in [6.45, 7) is 3.09. The molecule has 27 heavy (non-hydrogen) atoms. The summed E-state index contributed by atoms with van der Waals surface area (Å²) in [6, 6.07) is 14.2. The molecule has 5 nitrogen and oxygen atoms in total. The molecule has 1 aliphatic heterocycles. The Balaban J connectivity index is 1.80. The van der Waals surface area contributed by atoms with Gasteiger partial charge in [-0.2, -0.15) is 0 Å². The van der Waals surface area contributed by atoms with E-state index >= 15 is 0 Å². The van der Waals surface area contributed by atoms with Gasteiger partial charge in [0.2, 0.25) is 11.6 Å². The highest BCUT2D eigenvalue weighted by Crippen LogP contribution is 2.30. The van der Waals surface area contributed by atoms with E-state index in [9.17, 15) is 9.59 Å². The maximum atomic E-state index is 13.3. The van der Waals surface area contributed by atoms with Gasteiger partial charge in [-0.05, 0) is 25.2 Å². The summed E-state index contributed by atoms with van der Waals surface area (Å²) >= 11 is 6.09. The van der Waals surface area contributed by atoms with Gasteiger partial charge in [0.05, 0.1) is 0 Å². The molecule has 1 fully saturated rings. The first-order valence-corrected chi connectivity index (χ1v) is 9.31. The van der Waals surface area contributed by atoms with Crippen molar-refractivity contribution in [2.24, 2.45) is 0 Å². The normalized spacial score (nSPS) is 17.9. The predicted octanol–water partition coefficient (Wildman–Crippen LogP) is 3.29. The van der Waals surface area contributed by atoms with Crippen molar-refractivity contribution in [2.75, 3.05) is 38.5 Å². The number of halogens is 1. The third kappa shape index (κ3) is 3.36. The van der Waals surface area contributed by atoms with Crippen LogP contribution in [0.3, 0.4) is 0 Å². The lowest BCUT2D eigenvalue weighted by atomic mass is 9.89.